The Kier molecular flexibility index (Phi) is 6.51. The summed E-state index contributed by atoms with van der Waals surface area (Å²) in [4.78, 5) is 12.4. The SMILES string of the molecule is CCNCc1ccccc1NC(=O)C1CC1c1ccc(F)cc1F.Cl. The van der Waals surface area contributed by atoms with Crippen molar-refractivity contribution in [3.8, 4) is 0 Å². The topological polar surface area (TPSA) is 41.1 Å². The molecular weight excluding hydrogens is 346 g/mol. The lowest BCUT2D eigenvalue weighted by Crippen LogP contribution is -2.18. The van der Waals surface area contributed by atoms with E-state index in [1.165, 1.54) is 12.1 Å². The van der Waals surface area contributed by atoms with Crippen LogP contribution in [0.25, 0.3) is 0 Å². The van der Waals surface area contributed by atoms with E-state index in [-0.39, 0.29) is 30.2 Å². The number of hydrogen-bond donors (Lipinski definition) is 2. The van der Waals surface area contributed by atoms with Crippen LogP contribution in [0.2, 0.25) is 0 Å². The van der Waals surface area contributed by atoms with Gasteiger partial charge in [0.2, 0.25) is 5.91 Å². The van der Waals surface area contributed by atoms with Gasteiger partial charge in [0.05, 0.1) is 0 Å². The Morgan fingerprint density at radius 2 is 1.96 bits per heavy atom. The van der Waals surface area contributed by atoms with Gasteiger partial charge in [-0.05, 0) is 42.1 Å². The molecule has 1 saturated carbocycles. The van der Waals surface area contributed by atoms with Gasteiger partial charge >= 0.3 is 0 Å². The Labute approximate surface area is 152 Å². The lowest BCUT2D eigenvalue weighted by atomic mass is 10.1. The molecular formula is C19H21ClF2N2O. The Balaban J connectivity index is 0.00000225. The molecule has 3 nitrogen and oxygen atoms in total. The Morgan fingerprint density at radius 3 is 2.68 bits per heavy atom. The maximum Gasteiger partial charge on any atom is 0.228 e. The minimum atomic E-state index is -0.602. The second-order valence-corrected chi connectivity index (χ2v) is 6.04. The van der Waals surface area contributed by atoms with Crippen LogP contribution in [0.1, 0.15) is 30.4 Å². The van der Waals surface area contributed by atoms with Gasteiger partial charge in [-0.15, -0.1) is 12.4 Å². The molecule has 1 aliphatic rings. The standard InChI is InChI=1S/C19H20F2N2O.ClH/c1-2-22-11-12-5-3-4-6-18(12)23-19(24)16-10-15(16)14-8-7-13(20)9-17(14)21;/h3-9,15-16,22H,2,10-11H2,1H3,(H,23,24);1H. The van der Waals surface area contributed by atoms with Gasteiger partial charge < -0.3 is 10.6 Å². The van der Waals surface area contributed by atoms with Crippen molar-refractivity contribution < 1.29 is 13.6 Å². The summed E-state index contributed by atoms with van der Waals surface area (Å²) >= 11 is 0. The molecule has 2 aromatic rings. The molecule has 0 aromatic heterocycles. The van der Waals surface area contributed by atoms with Crippen molar-refractivity contribution in [2.75, 3.05) is 11.9 Å². The summed E-state index contributed by atoms with van der Waals surface area (Å²) < 4.78 is 26.8. The molecule has 0 heterocycles. The van der Waals surface area contributed by atoms with E-state index in [0.29, 0.717) is 18.5 Å². The third-order valence-corrected chi connectivity index (χ3v) is 4.33. The smallest absolute Gasteiger partial charge is 0.228 e. The van der Waals surface area contributed by atoms with E-state index in [0.717, 1.165) is 23.9 Å². The van der Waals surface area contributed by atoms with Gasteiger partial charge in [-0.1, -0.05) is 31.2 Å². The average Bonchev–Trinajstić information content (AvgIpc) is 3.34. The van der Waals surface area contributed by atoms with E-state index in [9.17, 15) is 13.6 Å². The van der Waals surface area contributed by atoms with Gasteiger partial charge in [-0.25, -0.2) is 8.78 Å². The molecule has 2 aromatic carbocycles. The van der Waals surface area contributed by atoms with Crippen LogP contribution in [0.3, 0.4) is 0 Å². The summed E-state index contributed by atoms with van der Waals surface area (Å²) in [6.07, 6.45) is 0.587. The average molecular weight is 367 g/mol. The summed E-state index contributed by atoms with van der Waals surface area (Å²) in [6, 6.07) is 11.2. The van der Waals surface area contributed by atoms with Crippen molar-refractivity contribution in [2.45, 2.75) is 25.8 Å². The number of anilines is 1. The van der Waals surface area contributed by atoms with E-state index < -0.39 is 11.6 Å². The molecule has 6 heteroatoms. The molecule has 1 amide bonds. The quantitative estimate of drug-likeness (QED) is 0.803. The van der Waals surface area contributed by atoms with Gasteiger partial charge in [0.25, 0.3) is 0 Å². The van der Waals surface area contributed by atoms with E-state index in [1.54, 1.807) is 0 Å². The van der Waals surface area contributed by atoms with Crippen molar-refractivity contribution in [2.24, 2.45) is 5.92 Å². The van der Waals surface area contributed by atoms with E-state index in [4.69, 9.17) is 0 Å². The van der Waals surface area contributed by atoms with Gasteiger partial charge in [0.15, 0.2) is 0 Å². The number of amides is 1. The second kappa shape index (κ2) is 8.41. The monoisotopic (exact) mass is 366 g/mol. The van der Waals surface area contributed by atoms with Gasteiger partial charge in [-0.2, -0.15) is 0 Å². The van der Waals surface area contributed by atoms with Gasteiger partial charge in [0, 0.05) is 24.2 Å². The van der Waals surface area contributed by atoms with Gasteiger partial charge in [0.1, 0.15) is 11.6 Å². The number of halogens is 3. The highest BCUT2D eigenvalue weighted by Gasteiger charge is 2.45. The summed E-state index contributed by atoms with van der Waals surface area (Å²) in [5.74, 6) is -1.74. The summed E-state index contributed by atoms with van der Waals surface area (Å²) in [6.45, 7) is 3.54. The molecule has 2 atom stereocenters. The van der Waals surface area contributed by atoms with Crippen LogP contribution in [-0.2, 0) is 11.3 Å². The van der Waals surface area contributed by atoms with E-state index >= 15 is 0 Å². The van der Waals surface area contributed by atoms with Crippen LogP contribution >= 0.6 is 12.4 Å². The first-order chi connectivity index (χ1) is 11.6. The maximum atomic E-state index is 13.8. The molecule has 0 aliphatic heterocycles. The van der Waals surface area contributed by atoms with Crippen molar-refractivity contribution in [3.63, 3.8) is 0 Å². The Morgan fingerprint density at radius 1 is 1.20 bits per heavy atom. The molecule has 2 unspecified atom stereocenters. The Bertz CT molecular complexity index is 754. The molecule has 1 aliphatic carbocycles. The minimum Gasteiger partial charge on any atom is -0.326 e. The van der Waals surface area contributed by atoms with Crippen LogP contribution in [0.4, 0.5) is 14.5 Å². The molecule has 25 heavy (non-hydrogen) atoms. The fraction of sp³-hybridized carbons (Fsp3) is 0.316. The van der Waals surface area contributed by atoms with Gasteiger partial charge in [-0.3, -0.25) is 4.79 Å². The molecule has 1 fully saturated rings. The largest absolute Gasteiger partial charge is 0.326 e. The molecule has 0 spiro atoms. The first-order valence-electron chi connectivity index (χ1n) is 8.14. The molecule has 134 valence electrons. The number of hydrogen-bond acceptors (Lipinski definition) is 2. The zero-order chi connectivity index (χ0) is 17.1. The second-order valence-electron chi connectivity index (χ2n) is 6.04. The summed E-state index contributed by atoms with van der Waals surface area (Å²) in [5, 5.41) is 6.17. The van der Waals surface area contributed by atoms with Crippen LogP contribution in [0.5, 0.6) is 0 Å². The van der Waals surface area contributed by atoms with Crippen LogP contribution in [-0.4, -0.2) is 12.5 Å². The normalized spacial score (nSPS) is 18.4. The van der Waals surface area contributed by atoms with Crippen molar-refractivity contribution in [1.29, 1.82) is 0 Å². The number of para-hydroxylation sites is 1. The fourth-order valence-corrected chi connectivity index (χ4v) is 2.91. The zero-order valence-electron chi connectivity index (χ0n) is 13.9. The third-order valence-electron chi connectivity index (χ3n) is 4.33. The molecule has 0 bridgehead atoms. The first kappa shape index (κ1) is 19.3. The highest BCUT2D eigenvalue weighted by atomic mass is 35.5. The number of carbonyl (C=O) groups is 1. The third kappa shape index (κ3) is 4.55. The fourth-order valence-electron chi connectivity index (χ4n) is 2.91. The molecule has 0 saturated heterocycles. The van der Waals surface area contributed by atoms with Crippen molar-refractivity contribution >= 4 is 24.0 Å². The highest BCUT2D eigenvalue weighted by molar-refractivity contribution is 5.95. The highest BCUT2D eigenvalue weighted by Crippen LogP contribution is 2.48. The molecule has 3 rings (SSSR count). The summed E-state index contributed by atoms with van der Waals surface area (Å²) in [7, 11) is 0. The van der Waals surface area contributed by atoms with Crippen LogP contribution in [0.15, 0.2) is 42.5 Å². The minimum absolute atomic E-state index is 0. The van der Waals surface area contributed by atoms with Crippen molar-refractivity contribution in [3.05, 3.63) is 65.2 Å². The van der Waals surface area contributed by atoms with Crippen LogP contribution in [0, 0.1) is 17.6 Å². The predicted octanol–water partition coefficient (Wildman–Crippen LogP) is 4.24. The number of rotatable bonds is 6. The van der Waals surface area contributed by atoms with Crippen molar-refractivity contribution in [1.82, 2.24) is 5.32 Å². The Hall–Kier alpha value is -1.98. The zero-order valence-corrected chi connectivity index (χ0v) is 14.7. The lowest BCUT2D eigenvalue weighted by Gasteiger charge is -2.11. The first-order valence-corrected chi connectivity index (χ1v) is 8.14. The van der Waals surface area contributed by atoms with E-state index in [1.807, 2.05) is 31.2 Å². The van der Waals surface area contributed by atoms with E-state index in [2.05, 4.69) is 10.6 Å². The maximum absolute atomic E-state index is 13.8. The molecule has 2 N–H and O–H groups in total. The molecule has 0 radical (unpaired) electrons. The number of carbonyl (C=O) groups excluding carboxylic acids is 1. The van der Waals surface area contributed by atoms with Crippen LogP contribution < -0.4 is 10.6 Å². The predicted molar refractivity (Wildman–Crippen MR) is 96.9 cm³/mol. The summed E-state index contributed by atoms with van der Waals surface area (Å²) in [5.41, 5.74) is 2.20. The lowest BCUT2D eigenvalue weighted by molar-refractivity contribution is -0.117. The number of benzene rings is 2. The number of nitrogens with one attached hydrogen (secondary N) is 2.